The van der Waals surface area contributed by atoms with Crippen molar-refractivity contribution in [3.05, 3.63) is 33.9 Å². The summed E-state index contributed by atoms with van der Waals surface area (Å²) in [6, 6.07) is 4.11. The van der Waals surface area contributed by atoms with E-state index >= 15 is 0 Å². The molecule has 1 aliphatic rings. The minimum absolute atomic E-state index is 0.0791. The van der Waals surface area contributed by atoms with E-state index in [4.69, 9.17) is 15.7 Å². The minimum atomic E-state index is -0.529. The van der Waals surface area contributed by atoms with Crippen molar-refractivity contribution in [2.45, 2.75) is 38.2 Å². The number of benzene rings is 1. The molecule has 20 heavy (non-hydrogen) atoms. The Hall–Kier alpha value is -2.31. The van der Waals surface area contributed by atoms with Gasteiger partial charge in [-0.1, -0.05) is 11.6 Å². The van der Waals surface area contributed by atoms with E-state index in [1.54, 1.807) is 0 Å². The zero-order valence-corrected chi connectivity index (χ0v) is 11.0. The maximum atomic E-state index is 10.8. The van der Waals surface area contributed by atoms with Crippen LogP contribution in [0.15, 0.2) is 23.4 Å². The zero-order chi connectivity index (χ0) is 14.5. The molecule has 1 fully saturated rings. The van der Waals surface area contributed by atoms with Crippen molar-refractivity contribution in [1.29, 1.82) is 0 Å². The van der Waals surface area contributed by atoms with Crippen molar-refractivity contribution in [1.82, 2.24) is 0 Å². The van der Waals surface area contributed by atoms with Gasteiger partial charge in [-0.05, 0) is 31.7 Å². The molecular formula is C13H17N3O4. The van der Waals surface area contributed by atoms with E-state index in [9.17, 15) is 10.1 Å². The Kier molecular flexibility index (Phi) is 4.39. The highest BCUT2D eigenvalue weighted by Crippen LogP contribution is 2.28. The molecule has 2 rings (SSSR count). The number of rotatable bonds is 4. The number of nitrogens with zero attached hydrogens (tertiary/aromatic N) is 2. The van der Waals surface area contributed by atoms with Gasteiger partial charge in [0, 0.05) is 12.1 Å². The van der Waals surface area contributed by atoms with Crippen LogP contribution in [0.2, 0.25) is 0 Å². The zero-order valence-electron chi connectivity index (χ0n) is 11.0. The fraction of sp³-hybridized carbons (Fsp3) is 0.462. The molecule has 0 amide bonds. The molecule has 1 aromatic carbocycles. The third-order valence-electron chi connectivity index (χ3n) is 3.40. The lowest BCUT2D eigenvalue weighted by atomic mass is 9.97. The normalized spacial score (nSPS) is 16.9. The summed E-state index contributed by atoms with van der Waals surface area (Å²) >= 11 is 0. The first-order valence-corrected chi connectivity index (χ1v) is 6.55. The van der Waals surface area contributed by atoms with Crippen molar-refractivity contribution >= 4 is 11.5 Å². The van der Waals surface area contributed by atoms with E-state index in [-0.39, 0.29) is 23.2 Å². The van der Waals surface area contributed by atoms with Gasteiger partial charge in [0.25, 0.3) is 5.69 Å². The van der Waals surface area contributed by atoms with Crippen molar-refractivity contribution in [2.75, 3.05) is 0 Å². The summed E-state index contributed by atoms with van der Waals surface area (Å²) in [6.45, 7) is 0. The van der Waals surface area contributed by atoms with E-state index in [0.29, 0.717) is 5.75 Å². The Labute approximate surface area is 116 Å². The predicted molar refractivity (Wildman–Crippen MR) is 73.1 cm³/mol. The van der Waals surface area contributed by atoms with Crippen molar-refractivity contribution in [3.63, 3.8) is 0 Å². The van der Waals surface area contributed by atoms with Crippen LogP contribution in [0.5, 0.6) is 5.75 Å². The molecule has 7 nitrogen and oxygen atoms in total. The van der Waals surface area contributed by atoms with Gasteiger partial charge < -0.3 is 15.7 Å². The molecule has 0 radical (unpaired) electrons. The smallest absolute Gasteiger partial charge is 0.270 e. The van der Waals surface area contributed by atoms with Crippen LogP contribution in [-0.2, 0) is 0 Å². The first-order chi connectivity index (χ1) is 9.61. The SMILES string of the molecule is NC(=NO)c1cc([N+](=O)[O-])ccc1OC1CCCCC1. The van der Waals surface area contributed by atoms with Gasteiger partial charge in [-0.3, -0.25) is 10.1 Å². The van der Waals surface area contributed by atoms with Gasteiger partial charge in [-0.15, -0.1) is 0 Å². The molecule has 0 saturated heterocycles. The van der Waals surface area contributed by atoms with E-state index < -0.39 is 4.92 Å². The molecule has 0 aliphatic heterocycles. The predicted octanol–water partition coefficient (Wildman–Crippen LogP) is 2.40. The largest absolute Gasteiger partial charge is 0.490 e. The number of ether oxygens (including phenoxy) is 1. The second-order valence-corrected chi connectivity index (χ2v) is 4.80. The van der Waals surface area contributed by atoms with Gasteiger partial charge in [-0.2, -0.15) is 0 Å². The molecule has 0 heterocycles. The van der Waals surface area contributed by atoms with Crippen LogP contribution in [-0.4, -0.2) is 22.1 Å². The molecule has 1 aliphatic carbocycles. The van der Waals surface area contributed by atoms with Crippen molar-refractivity contribution in [2.24, 2.45) is 10.9 Å². The Morgan fingerprint density at radius 2 is 2.10 bits per heavy atom. The summed E-state index contributed by atoms with van der Waals surface area (Å²) in [5, 5.41) is 22.5. The topological polar surface area (TPSA) is 111 Å². The lowest BCUT2D eigenvalue weighted by Crippen LogP contribution is -2.22. The summed E-state index contributed by atoms with van der Waals surface area (Å²) in [5.74, 6) is 0.220. The van der Waals surface area contributed by atoms with Crippen LogP contribution < -0.4 is 10.5 Å². The second-order valence-electron chi connectivity index (χ2n) is 4.80. The molecule has 0 aromatic heterocycles. The number of nitro groups is 1. The van der Waals surface area contributed by atoms with Crippen LogP contribution in [0, 0.1) is 10.1 Å². The number of nitrogens with two attached hydrogens (primary N) is 1. The van der Waals surface area contributed by atoms with E-state index in [2.05, 4.69) is 5.16 Å². The number of oxime groups is 1. The molecule has 108 valence electrons. The number of non-ortho nitro benzene ring substituents is 1. The Bertz CT molecular complexity index is 524. The van der Waals surface area contributed by atoms with Crippen LogP contribution in [0.3, 0.4) is 0 Å². The van der Waals surface area contributed by atoms with E-state index in [1.165, 1.54) is 24.6 Å². The molecule has 7 heteroatoms. The standard InChI is InChI=1S/C13H17N3O4/c14-13(15-17)11-8-9(16(18)19)6-7-12(11)20-10-4-2-1-3-5-10/h6-8,10,17H,1-5H2,(H2,14,15). The Morgan fingerprint density at radius 1 is 1.40 bits per heavy atom. The summed E-state index contributed by atoms with van der Waals surface area (Å²) in [5.41, 5.74) is 5.69. The monoisotopic (exact) mass is 279 g/mol. The fourth-order valence-electron chi connectivity index (χ4n) is 2.35. The fourth-order valence-corrected chi connectivity index (χ4v) is 2.35. The maximum Gasteiger partial charge on any atom is 0.270 e. The van der Waals surface area contributed by atoms with Crippen molar-refractivity contribution < 1.29 is 14.9 Å². The maximum absolute atomic E-state index is 10.8. The Balaban J connectivity index is 2.28. The first-order valence-electron chi connectivity index (χ1n) is 6.55. The van der Waals surface area contributed by atoms with Crippen molar-refractivity contribution in [3.8, 4) is 5.75 Å². The van der Waals surface area contributed by atoms with Gasteiger partial charge in [-0.25, -0.2) is 0 Å². The van der Waals surface area contributed by atoms with Gasteiger partial charge in [0.15, 0.2) is 5.84 Å². The average molecular weight is 279 g/mol. The second kappa shape index (κ2) is 6.23. The number of nitro benzene ring substituents is 1. The lowest BCUT2D eigenvalue weighted by Gasteiger charge is -2.24. The highest BCUT2D eigenvalue weighted by atomic mass is 16.6. The molecule has 0 bridgehead atoms. The Morgan fingerprint density at radius 3 is 2.70 bits per heavy atom. The molecule has 0 spiro atoms. The lowest BCUT2D eigenvalue weighted by molar-refractivity contribution is -0.384. The van der Waals surface area contributed by atoms with Gasteiger partial charge in [0.2, 0.25) is 0 Å². The van der Waals surface area contributed by atoms with Gasteiger partial charge >= 0.3 is 0 Å². The van der Waals surface area contributed by atoms with Gasteiger partial charge in [0.1, 0.15) is 5.75 Å². The first kappa shape index (κ1) is 14.1. The highest BCUT2D eigenvalue weighted by Gasteiger charge is 2.20. The molecule has 1 aromatic rings. The van der Waals surface area contributed by atoms with Crippen LogP contribution >= 0.6 is 0 Å². The van der Waals surface area contributed by atoms with Crippen LogP contribution in [0.1, 0.15) is 37.7 Å². The minimum Gasteiger partial charge on any atom is -0.490 e. The van der Waals surface area contributed by atoms with E-state index in [1.807, 2.05) is 0 Å². The third kappa shape index (κ3) is 3.17. The summed E-state index contributed by atoms with van der Waals surface area (Å²) in [4.78, 5) is 10.3. The third-order valence-corrected chi connectivity index (χ3v) is 3.40. The quantitative estimate of drug-likeness (QED) is 0.289. The number of hydrogen-bond acceptors (Lipinski definition) is 5. The molecule has 0 atom stereocenters. The molecule has 0 unspecified atom stereocenters. The van der Waals surface area contributed by atoms with Crippen LogP contribution in [0.4, 0.5) is 5.69 Å². The number of amidine groups is 1. The number of hydrogen-bond donors (Lipinski definition) is 2. The molecule has 3 N–H and O–H groups in total. The van der Waals surface area contributed by atoms with Crippen LogP contribution in [0.25, 0.3) is 0 Å². The average Bonchev–Trinajstić information content (AvgIpc) is 2.47. The molecule has 1 saturated carbocycles. The summed E-state index contributed by atoms with van der Waals surface area (Å²) < 4.78 is 5.85. The highest BCUT2D eigenvalue weighted by molar-refractivity contribution is 6.00. The van der Waals surface area contributed by atoms with Gasteiger partial charge in [0.05, 0.1) is 16.6 Å². The van der Waals surface area contributed by atoms with E-state index in [0.717, 1.165) is 25.7 Å². The molecular weight excluding hydrogens is 262 g/mol. The summed E-state index contributed by atoms with van der Waals surface area (Å²) in [7, 11) is 0. The summed E-state index contributed by atoms with van der Waals surface area (Å²) in [6.07, 6.45) is 5.40.